The number of hydrogen-bond donors (Lipinski definition) is 2. The number of carboxylic acids is 1. The molecular formula is C10H9F2N3O3. The number of aromatic nitrogens is 3. The van der Waals surface area contributed by atoms with Crippen LogP contribution in [0, 0.1) is 6.92 Å². The number of aromatic carboxylic acids is 1. The molecule has 96 valence electrons. The highest BCUT2D eigenvalue weighted by atomic mass is 19.3. The quantitative estimate of drug-likeness (QED) is 0.858. The van der Waals surface area contributed by atoms with Crippen LogP contribution in [-0.2, 0) is 6.54 Å². The van der Waals surface area contributed by atoms with Crippen LogP contribution in [-0.4, -0.2) is 32.3 Å². The minimum Gasteiger partial charge on any atom is -0.478 e. The molecule has 0 aliphatic heterocycles. The number of aromatic amines is 1. The molecule has 0 saturated carbocycles. The van der Waals surface area contributed by atoms with Gasteiger partial charge in [0.05, 0.1) is 10.9 Å². The Hall–Kier alpha value is -2.25. The molecule has 0 radical (unpaired) electrons. The molecule has 0 fully saturated rings. The number of carbonyl (C=O) groups is 1. The Bertz CT molecular complexity index is 675. The minimum absolute atomic E-state index is 0.00181. The summed E-state index contributed by atoms with van der Waals surface area (Å²) in [5.74, 6) is -1.30. The number of pyridine rings is 1. The maximum atomic E-state index is 12.3. The number of alkyl halides is 2. The van der Waals surface area contributed by atoms with Crippen molar-refractivity contribution in [1.29, 1.82) is 0 Å². The van der Waals surface area contributed by atoms with Gasteiger partial charge in [0.1, 0.15) is 6.54 Å². The Morgan fingerprint density at radius 2 is 2.28 bits per heavy atom. The molecule has 0 atom stereocenters. The molecule has 2 aromatic heterocycles. The van der Waals surface area contributed by atoms with Crippen molar-refractivity contribution in [2.45, 2.75) is 19.9 Å². The van der Waals surface area contributed by atoms with Gasteiger partial charge in [0.15, 0.2) is 5.65 Å². The van der Waals surface area contributed by atoms with Crippen molar-refractivity contribution in [3.8, 4) is 0 Å². The normalized spacial score (nSPS) is 11.3. The fourth-order valence-electron chi connectivity index (χ4n) is 1.79. The summed E-state index contributed by atoms with van der Waals surface area (Å²) >= 11 is 0. The molecule has 2 aromatic rings. The topological polar surface area (TPSA) is 88.0 Å². The summed E-state index contributed by atoms with van der Waals surface area (Å²) < 4.78 is 25.6. The summed E-state index contributed by atoms with van der Waals surface area (Å²) in [5.41, 5.74) is -0.606. The lowest BCUT2D eigenvalue weighted by molar-refractivity contribution is 0.0698. The lowest BCUT2D eigenvalue weighted by Crippen LogP contribution is -2.09. The van der Waals surface area contributed by atoms with Crippen LogP contribution in [0.2, 0.25) is 0 Å². The molecule has 8 heteroatoms. The summed E-state index contributed by atoms with van der Waals surface area (Å²) in [6, 6.07) is 0.909. The van der Waals surface area contributed by atoms with Crippen LogP contribution in [0.25, 0.3) is 11.0 Å². The van der Waals surface area contributed by atoms with E-state index < -0.39 is 24.5 Å². The number of aryl methyl sites for hydroxylation is 1. The maximum Gasteiger partial charge on any atom is 0.336 e. The third-order valence-corrected chi connectivity index (χ3v) is 2.53. The molecule has 0 aromatic carbocycles. The van der Waals surface area contributed by atoms with E-state index in [1.54, 1.807) is 0 Å². The van der Waals surface area contributed by atoms with E-state index in [0.29, 0.717) is 0 Å². The molecular weight excluding hydrogens is 248 g/mol. The van der Waals surface area contributed by atoms with E-state index in [9.17, 15) is 18.4 Å². The van der Waals surface area contributed by atoms with E-state index in [1.807, 2.05) is 0 Å². The maximum absolute atomic E-state index is 12.3. The summed E-state index contributed by atoms with van der Waals surface area (Å²) in [5, 5.41) is 12.9. The first kappa shape index (κ1) is 12.2. The molecule has 0 saturated heterocycles. The number of nitrogens with zero attached hydrogens (tertiary/aromatic N) is 2. The minimum atomic E-state index is -2.61. The van der Waals surface area contributed by atoms with E-state index in [0.717, 1.165) is 10.7 Å². The van der Waals surface area contributed by atoms with E-state index in [-0.39, 0.29) is 22.3 Å². The van der Waals surface area contributed by atoms with Gasteiger partial charge in [0.25, 0.3) is 6.43 Å². The van der Waals surface area contributed by atoms with Crippen molar-refractivity contribution in [1.82, 2.24) is 14.8 Å². The zero-order chi connectivity index (χ0) is 13.4. The highest BCUT2D eigenvalue weighted by Gasteiger charge is 2.18. The number of carboxylic acid groups (broad SMARTS) is 1. The van der Waals surface area contributed by atoms with Crippen LogP contribution in [0.4, 0.5) is 8.78 Å². The van der Waals surface area contributed by atoms with Crippen molar-refractivity contribution in [3.63, 3.8) is 0 Å². The van der Waals surface area contributed by atoms with Crippen molar-refractivity contribution < 1.29 is 18.7 Å². The average Bonchev–Trinajstić information content (AvgIpc) is 2.53. The number of rotatable bonds is 3. The lowest BCUT2D eigenvalue weighted by Gasteiger charge is -2.02. The third-order valence-electron chi connectivity index (χ3n) is 2.53. The zero-order valence-electron chi connectivity index (χ0n) is 9.28. The number of fused-ring (bicyclic) bond motifs is 1. The largest absolute Gasteiger partial charge is 0.478 e. The van der Waals surface area contributed by atoms with E-state index in [2.05, 4.69) is 10.1 Å². The van der Waals surface area contributed by atoms with Crippen molar-refractivity contribution in [2.24, 2.45) is 0 Å². The summed E-state index contributed by atoms with van der Waals surface area (Å²) in [6.07, 6.45) is -2.61. The van der Waals surface area contributed by atoms with Gasteiger partial charge in [-0.05, 0) is 6.92 Å². The Kier molecular flexibility index (Phi) is 2.85. The Balaban J connectivity index is 2.75. The van der Waals surface area contributed by atoms with Gasteiger partial charge < -0.3 is 10.1 Å². The molecule has 18 heavy (non-hydrogen) atoms. The number of H-pyrrole nitrogens is 1. The van der Waals surface area contributed by atoms with Gasteiger partial charge in [-0.1, -0.05) is 0 Å². The van der Waals surface area contributed by atoms with Crippen LogP contribution in [0.5, 0.6) is 0 Å². The van der Waals surface area contributed by atoms with Gasteiger partial charge in [-0.15, -0.1) is 0 Å². The SMILES string of the molecule is Cc1c2c(C(=O)O)cc(=O)[nH]c2nn1CC(F)F. The molecule has 0 aliphatic carbocycles. The predicted octanol–water partition coefficient (Wildman–Crippen LogP) is 0.996. The van der Waals surface area contributed by atoms with Crippen LogP contribution in [0.1, 0.15) is 16.1 Å². The Labute approximate surface area is 98.8 Å². The van der Waals surface area contributed by atoms with Crippen LogP contribution >= 0.6 is 0 Å². The van der Waals surface area contributed by atoms with Gasteiger partial charge in [0, 0.05) is 11.8 Å². The number of hydrogen-bond acceptors (Lipinski definition) is 3. The van der Waals surface area contributed by atoms with Gasteiger partial charge in [-0.25, -0.2) is 13.6 Å². The monoisotopic (exact) mass is 257 g/mol. The Morgan fingerprint density at radius 3 is 2.83 bits per heavy atom. The first-order chi connectivity index (χ1) is 8.40. The van der Waals surface area contributed by atoms with E-state index >= 15 is 0 Å². The first-order valence-corrected chi connectivity index (χ1v) is 5.02. The summed E-state index contributed by atoms with van der Waals surface area (Å²) in [7, 11) is 0. The number of nitrogens with one attached hydrogen (secondary N) is 1. The van der Waals surface area contributed by atoms with E-state index in [4.69, 9.17) is 5.11 Å². The highest BCUT2D eigenvalue weighted by Crippen LogP contribution is 2.19. The summed E-state index contributed by atoms with van der Waals surface area (Å²) in [4.78, 5) is 24.6. The smallest absolute Gasteiger partial charge is 0.336 e. The van der Waals surface area contributed by atoms with Gasteiger partial charge >= 0.3 is 5.97 Å². The number of halogens is 2. The molecule has 0 aliphatic rings. The third kappa shape index (κ3) is 1.96. The molecule has 2 N–H and O–H groups in total. The molecule has 0 bridgehead atoms. The average molecular weight is 257 g/mol. The fraction of sp³-hybridized carbons (Fsp3) is 0.300. The van der Waals surface area contributed by atoms with Crippen molar-refractivity contribution >= 4 is 17.0 Å². The highest BCUT2D eigenvalue weighted by molar-refractivity contribution is 6.02. The Morgan fingerprint density at radius 1 is 1.61 bits per heavy atom. The van der Waals surface area contributed by atoms with Gasteiger partial charge in [0.2, 0.25) is 5.56 Å². The van der Waals surface area contributed by atoms with E-state index in [1.165, 1.54) is 6.92 Å². The summed E-state index contributed by atoms with van der Waals surface area (Å²) in [6.45, 7) is 0.823. The molecule has 2 heterocycles. The van der Waals surface area contributed by atoms with Crippen molar-refractivity contribution in [3.05, 3.63) is 27.7 Å². The van der Waals surface area contributed by atoms with Crippen LogP contribution in [0.3, 0.4) is 0 Å². The first-order valence-electron chi connectivity index (χ1n) is 5.02. The molecule has 2 rings (SSSR count). The second-order valence-electron chi connectivity index (χ2n) is 3.73. The molecule has 0 unspecified atom stereocenters. The van der Waals surface area contributed by atoms with Crippen LogP contribution in [0.15, 0.2) is 10.9 Å². The molecule has 0 amide bonds. The van der Waals surface area contributed by atoms with Gasteiger partial charge in [-0.2, -0.15) is 5.10 Å². The lowest BCUT2D eigenvalue weighted by atomic mass is 10.1. The standard InChI is InChI=1S/C10H9F2N3O3/c1-4-8-5(10(17)18)2-7(16)13-9(8)14-15(4)3-6(11)12/h2,6H,3H2,1H3,(H,17,18)(H,13,14,16). The van der Waals surface area contributed by atoms with Crippen LogP contribution < -0.4 is 5.56 Å². The molecule has 6 nitrogen and oxygen atoms in total. The fourth-order valence-corrected chi connectivity index (χ4v) is 1.79. The van der Waals surface area contributed by atoms with Crippen molar-refractivity contribution in [2.75, 3.05) is 0 Å². The predicted molar refractivity (Wildman–Crippen MR) is 58.1 cm³/mol. The zero-order valence-corrected chi connectivity index (χ0v) is 9.28. The van der Waals surface area contributed by atoms with Gasteiger partial charge in [-0.3, -0.25) is 9.48 Å². The second kappa shape index (κ2) is 4.21. The second-order valence-corrected chi connectivity index (χ2v) is 3.73. The molecule has 0 spiro atoms.